The van der Waals surface area contributed by atoms with Crippen molar-refractivity contribution in [3.05, 3.63) is 0 Å². The number of likely N-dealkylation sites (tertiary alicyclic amines) is 1. The van der Waals surface area contributed by atoms with Crippen LogP contribution in [0.15, 0.2) is 0 Å². The highest BCUT2D eigenvalue weighted by atomic mass is 35.5. The number of nitrogens with one attached hydrogen (secondary N) is 1. The van der Waals surface area contributed by atoms with Crippen LogP contribution >= 0.6 is 11.6 Å². The molecule has 3 atom stereocenters. The molecule has 24 heavy (non-hydrogen) atoms. The molecule has 2 amide bonds. The number of hydrogen-bond acceptors (Lipinski definition) is 2. The number of alkyl halides is 1. The smallest absolute Gasteiger partial charge is 0.242 e. The zero-order valence-electron chi connectivity index (χ0n) is 14.7. The fourth-order valence-corrected chi connectivity index (χ4v) is 7.02. The van der Waals surface area contributed by atoms with Gasteiger partial charge in [0.15, 0.2) is 0 Å². The standard InChI is InChI=1S/C19H29ClN2O2/c1-13-4-2-3-5-22(13)16(23)11-21-17(24)18-7-14-6-15(8-18)10-19(20,9-14)12-18/h13-15H,2-12H2,1H3,(H,21,24)/t13-,14+,15+,18?,19?/m0/s1. The van der Waals surface area contributed by atoms with Gasteiger partial charge in [0, 0.05) is 17.5 Å². The van der Waals surface area contributed by atoms with Crippen molar-refractivity contribution in [2.24, 2.45) is 17.3 Å². The molecule has 0 aromatic rings. The molecule has 5 heteroatoms. The molecule has 0 spiro atoms. The first-order valence-corrected chi connectivity index (χ1v) is 10.0. The van der Waals surface area contributed by atoms with Crippen LogP contribution in [0.3, 0.4) is 0 Å². The topological polar surface area (TPSA) is 49.4 Å². The van der Waals surface area contributed by atoms with E-state index in [1.807, 2.05) is 4.90 Å². The van der Waals surface area contributed by atoms with Gasteiger partial charge in [-0.2, -0.15) is 0 Å². The number of carbonyl (C=O) groups is 2. The van der Waals surface area contributed by atoms with Crippen molar-refractivity contribution >= 4 is 23.4 Å². The lowest BCUT2D eigenvalue weighted by molar-refractivity contribution is -0.147. The lowest BCUT2D eigenvalue weighted by Crippen LogP contribution is -2.59. The molecule has 0 unspecified atom stereocenters. The Morgan fingerprint density at radius 1 is 1.17 bits per heavy atom. The van der Waals surface area contributed by atoms with Gasteiger partial charge in [-0.3, -0.25) is 9.59 Å². The number of nitrogens with zero attached hydrogens (tertiary/aromatic N) is 1. The SMILES string of the molecule is C[C@H]1CCCCN1C(=O)CNC(=O)C12C[C@H]3C[C@@H](CC(Cl)(C3)C1)C2. The second kappa shape index (κ2) is 5.89. The van der Waals surface area contributed by atoms with E-state index in [2.05, 4.69) is 12.2 Å². The highest BCUT2D eigenvalue weighted by molar-refractivity contribution is 6.24. The number of hydrogen-bond donors (Lipinski definition) is 1. The van der Waals surface area contributed by atoms with Crippen LogP contribution in [0.25, 0.3) is 0 Å². The van der Waals surface area contributed by atoms with Crippen LogP contribution in [0, 0.1) is 17.3 Å². The van der Waals surface area contributed by atoms with Gasteiger partial charge in [0.25, 0.3) is 0 Å². The molecule has 0 radical (unpaired) electrons. The maximum atomic E-state index is 13.0. The van der Waals surface area contributed by atoms with E-state index in [0.717, 1.165) is 51.5 Å². The third-order valence-electron chi connectivity index (χ3n) is 6.99. The second-order valence-corrected chi connectivity index (χ2v) is 9.81. The molecule has 4 aliphatic carbocycles. The summed E-state index contributed by atoms with van der Waals surface area (Å²) in [6.07, 6.45) is 9.47. The van der Waals surface area contributed by atoms with E-state index in [4.69, 9.17) is 11.6 Å². The summed E-state index contributed by atoms with van der Waals surface area (Å²) in [7, 11) is 0. The summed E-state index contributed by atoms with van der Waals surface area (Å²) in [4.78, 5) is 27.2. The van der Waals surface area contributed by atoms with Gasteiger partial charge < -0.3 is 10.2 Å². The van der Waals surface area contributed by atoms with Gasteiger partial charge in [0.1, 0.15) is 0 Å². The molecule has 134 valence electrons. The van der Waals surface area contributed by atoms with Gasteiger partial charge in [0.2, 0.25) is 11.8 Å². The van der Waals surface area contributed by atoms with Gasteiger partial charge in [-0.25, -0.2) is 0 Å². The van der Waals surface area contributed by atoms with Crippen LogP contribution in [-0.4, -0.2) is 40.7 Å². The largest absolute Gasteiger partial charge is 0.347 e. The molecule has 5 aliphatic rings. The summed E-state index contributed by atoms with van der Waals surface area (Å²) in [5.74, 6) is 1.36. The Balaban J connectivity index is 1.39. The minimum absolute atomic E-state index is 0.0702. The maximum Gasteiger partial charge on any atom is 0.242 e. The molecule has 1 saturated heterocycles. The average molecular weight is 353 g/mol. The molecule has 1 N–H and O–H groups in total. The minimum Gasteiger partial charge on any atom is -0.347 e. The van der Waals surface area contributed by atoms with Crippen LogP contribution in [0.2, 0.25) is 0 Å². The second-order valence-electron chi connectivity index (χ2n) is 9.01. The van der Waals surface area contributed by atoms with Gasteiger partial charge >= 0.3 is 0 Å². The van der Waals surface area contributed by atoms with E-state index < -0.39 is 0 Å². The molecule has 0 aromatic heterocycles. The van der Waals surface area contributed by atoms with E-state index in [1.165, 1.54) is 12.8 Å². The van der Waals surface area contributed by atoms with E-state index in [9.17, 15) is 9.59 Å². The van der Waals surface area contributed by atoms with E-state index in [1.54, 1.807) is 0 Å². The molecule has 4 nitrogen and oxygen atoms in total. The normalized spacial score (nSPS) is 43.8. The summed E-state index contributed by atoms with van der Waals surface area (Å²) >= 11 is 6.81. The van der Waals surface area contributed by atoms with Crippen molar-refractivity contribution in [2.75, 3.05) is 13.1 Å². The van der Waals surface area contributed by atoms with Crippen LogP contribution in [0.5, 0.6) is 0 Å². The minimum atomic E-state index is -0.306. The number of carbonyl (C=O) groups excluding carboxylic acids is 2. The predicted octanol–water partition coefficient (Wildman–Crippen LogP) is 3.08. The third kappa shape index (κ3) is 2.85. The Hall–Kier alpha value is -0.770. The van der Waals surface area contributed by atoms with Crippen LogP contribution in [-0.2, 0) is 9.59 Å². The van der Waals surface area contributed by atoms with Crippen molar-refractivity contribution in [1.82, 2.24) is 10.2 Å². The Bertz CT molecular complexity index is 535. The molecule has 4 bridgehead atoms. The Kier molecular flexibility index (Phi) is 4.10. The average Bonchev–Trinajstić information content (AvgIpc) is 2.50. The van der Waals surface area contributed by atoms with Gasteiger partial charge in [0.05, 0.1) is 12.0 Å². The molecule has 5 fully saturated rings. The van der Waals surface area contributed by atoms with Crippen molar-refractivity contribution in [3.8, 4) is 0 Å². The highest BCUT2D eigenvalue weighted by Gasteiger charge is 2.60. The zero-order chi connectivity index (χ0) is 16.9. The Morgan fingerprint density at radius 3 is 2.50 bits per heavy atom. The molecular formula is C19H29ClN2O2. The highest BCUT2D eigenvalue weighted by Crippen LogP contribution is 2.63. The van der Waals surface area contributed by atoms with E-state index in [0.29, 0.717) is 17.9 Å². The summed E-state index contributed by atoms with van der Waals surface area (Å²) in [5.41, 5.74) is -0.306. The predicted molar refractivity (Wildman–Crippen MR) is 93.7 cm³/mol. The summed E-state index contributed by atoms with van der Waals surface area (Å²) in [6.45, 7) is 3.08. The molecular weight excluding hydrogens is 324 g/mol. The number of halogens is 1. The Morgan fingerprint density at radius 2 is 1.88 bits per heavy atom. The maximum absolute atomic E-state index is 13.0. The van der Waals surface area contributed by atoms with Crippen molar-refractivity contribution in [1.29, 1.82) is 0 Å². The van der Waals surface area contributed by atoms with Gasteiger partial charge in [-0.05, 0) is 76.5 Å². The first-order valence-electron chi connectivity index (χ1n) is 9.66. The zero-order valence-corrected chi connectivity index (χ0v) is 15.4. The van der Waals surface area contributed by atoms with Gasteiger partial charge in [-0.1, -0.05) is 0 Å². The lowest BCUT2D eigenvalue weighted by atomic mass is 9.49. The third-order valence-corrected chi connectivity index (χ3v) is 7.44. The van der Waals surface area contributed by atoms with E-state index >= 15 is 0 Å². The number of amides is 2. The van der Waals surface area contributed by atoms with Gasteiger partial charge in [-0.15, -0.1) is 11.6 Å². The summed E-state index contributed by atoms with van der Waals surface area (Å²) in [6, 6.07) is 0.300. The van der Waals surface area contributed by atoms with Crippen LogP contribution in [0.1, 0.15) is 64.7 Å². The fourth-order valence-electron chi connectivity index (χ4n) is 6.33. The quantitative estimate of drug-likeness (QED) is 0.793. The molecule has 1 aliphatic heterocycles. The summed E-state index contributed by atoms with van der Waals surface area (Å²) < 4.78 is 0. The molecule has 5 rings (SSSR count). The van der Waals surface area contributed by atoms with Crippen molar-refractivity contribution < 1.29 is 9.59 Å². The van der Waals surface area contributed by atoms with Crippen molar-refractivity contribution in [3.63, 3.8) is 0 Å². The fraction of sp³-hybridized carbons (Fsp3) is 0.895. The first kappa shape index (κ1) is 16.7. The number of rotatable bonds is 3. The number of piperidine rings is 1. The van der Waals surface area contributed by atoms with E-state index in [-0.39, 0.29) is 28.6 Å². The molecule has 1 heterocycles. The molecule has 4 saturated carbocycles. The molecule has 0 aromatic carbocycles. The summed E-state index contributed by atoms with van der Waals surface area (Å²) in [5, 5.41) is 2.99. The van der Waals surface area contributed by atoms with Crippen LogP contribution < -0.4 is 5.32 Å². The lowest BCUT2D eigenvalue weighted by Gasteiger charge is -2.59. The van der Waals surface area contributed by atoms with Crippen LogP contribution in [0.4, 0.5) is 0 Å². The van der Waals surface area contributed by atoms with Crippen molar-refractivity contribution in [2.45, 2.75) is 75.6 Å². The Labute approximate surface area is 149 Å². The monoisotopic (exact) mass is 352 g/mol. The first-order chi connectivity index (χ1) is 11.4.